The second-order valence-electron chi connectivity index (χ2n) is 5.60. The van der Waals surface area contributed by atoms with E-state index in [1.54, 1.807) is 6.07 Å². The zero-order valence-electron chi connectivity index (χ0n) is 11.0. The molecule has 0 aromatic heterocycles. The summed E-state index contributed by atoms with van der Waals surface area (Å²) in [5.41, 5.74) is 2.17. The van der Waals surface area contributed by atoms with Crippen LogP contribution in [0.2, 0.25) is 0 Å². The van der Waals surface area contributed by atoms with Gasteiger partial charge in [0.1, 0.15) is 0 Å². The van der Waals surface area contributed by atoms with Crippen LogP contribution in [0.1, 0.15) is 32.3 Å². The standard InChI is InChI=1S/C15H18ClFO/c1-15(2)8-11(6-12(16)9-15)10-4-5-14(18-3)13(17)7-10/h4-7,12H,8-9H2,1-3H3. The van der Waals surface area contributed by atoms with Crippen molar-refractivity contribution >= 4 is 17.2 Å². The summed E-state index contributed by atoms with van der Waals surface area (Å²) >= 11 is 6.25. The van der Waals surface area contributed by atoms with E-state index in [0.29, 0.717) is 0 Å². The lowest BCUT2D eigenvalue weighted by atomic mass is 9.75. The molecular formula is C15H18ClFO. The summed E-state index contributed by atoms with van der Waals surface area (Å²) < 4.78 is 18.6. The van der Waals surface area contributed by atoms with Gasteiger partial charge in [-0.1, -0.05) is 26.0 Å². The largest absolute Gasteiger partial charge is 0.494 e. The Hall–Kier alpha value is -1.02. The lowest BCUT2D eigenvalue weighted by Crippen LogP contribution is -2.21. The van der Waals surface area contributed by atoms with Gasteiger partial charge in [-0.3, -0.25) is 0 Å². The molecule has 0 bridgehead atoms. The SMILES string of the molecule is COc1ccc(C2=CC(Cl)CC(C)(C)C2)cc1F. The second-order valence-corrected chi connectivity index (χ2v) is 6.16. The lowest BCUT2D eigenvalue weighted by Gasteiger charge is -2.32. The molecule has 1 aliphatic rings. The van der Waals surface area contributed by atoms with Gasteiger partial charge in [0, 0.05) is 0 Å². The van der Waals surface area contributed by atoms with Gasteiger partial charge >= 0.3 is 0 Å². The van der Waals surface area contributed by atoms with Crippen molar-refractivity contribution in [2.45, 2.75) is 32.1 Å². The van der Waals surface area contributed by atoms with E-state index in [-0.39, 0.29) is 22.4 Å². The number of hydrogen-bond acceptors (Lipinski definition) is 1. The summed E-state index contributed by atoms with van der Waals surface area (Å²) in [6, 6.07) is 5.07. The van der Waals surface area contributed by atoms with E-state index < -0.39 is 0 Å². The fourth-order valence-corrected chi connectivity index (χ4v) is 3.09. The average Bonchev–Trinajstić information content (AvgIpc) is 2.26. The zero-order valence-corrected chi connectivity index (χ0v) is 11.7. The van der Waals surface area contributed by atoms with Crippen LogP contribution >= 0.6 is 11.6 Å². The van der Waals surface area contributed by atoms with E-state index in [1.165, 1.54) is 13.2 Å². The molecule has 1 atom stereocenters. The summed E-state index contributed by atoms with van der Waals surface area (Å²) in [6.45, 7) is 4.38. The van der Waals surface area contributed by atoms with Gasteiger partial charge in [-0.05, 0) is 41.5 Å². The fourth-order valence-electron chi connectivity index (χ4n) is 2.52. The average molecular weight is 269 g/mol. The zero-order chi connectivity index (χ0) is 13.3. The molecule has 0 saturated heterocycles. The van der Waals surface area contributed by atoms with Crippen LogP contribution in [-0.2, 0) is 0 Å². The van der Waals surface area contributed by atoms with Gasteiger partial charge in [0.05, 0.1) is 12.5 Å². The molecule has 0 aliphatic heterocycles. The maximum absolute atomic E-state index is 13.7. The van der Waals surface area contributed by atoms with Crippen LogP contribution in [0.3, 0.4) is 0 Å². The van der Waals surface area contributed by atoms with E-state index in [9.17, 15) is 4.39 Å². The molecule has 1 aliphatic carbocycles. The molecule has 0 radical (unpaired) electrons. The molecule has 0 fully saturated rings. The topological polar surface area (TPSA) is 9.23 Å². The molecule has 0 amide bonds. The van der Waals surface area contributed by atoms with Crippen molar-refractivity contribution in [3.05, 3.63) is 35.7 Å². The van der Waals surface area contributed by atoms with Crippen LogP contribution in [0.15, 0.2) is 24.3 Å². The van der Waals surface area contributed by atoms with E-state index in [1.807, 2.05) is 12.1 Å². The highest BCUT2D eigenvalue weighted by Crippen LogP contribution is 2.41. The quantitative estimate of drug-likeness (QED) is 0.710. The molecule has 98 valence electrons. The Balaban J connectivity index is 2.34. The Labute approximate surface area is 113 Å². The molecule has 0 heterocycles. The van der Waals surface area contributed by atoms with Gasteiger partial charge in [-0.2, -0.15) is 0 Å². The van der Waals surface area contributed by atoms with Gasteiger partial charge in [0.25, 0.3) is 0 Å². The van der Waals surface area contributed by atoms with Crippen LogP contribution in [0.25, 0.3) is 5.57 Å². The maximum Gasteiger partial charge on any atom is 0.165 e. The number of ether oxygens (including phenoxy) is 1. The third-order valence-electron chi connectivity index (χ3n) is 3.32. The molecule has 1 aromatic rings. The van der Waals surface area contributed by atoms with Crippen molar-refractivity contribution in [2.75, 3.05) is 7.11 Å². The minimum Gasteiger partial charge on any atom is -0.494 e. The van der Waals surface area contributed by atoms with Gasteiger partial charge in [0.2, 0.25) is 0 Å². The Kier molecular flexibility index (Phi) is 3.67. The van der Waals surface area contributed by atoms with Crippen LogP contribution in [0.4, 0.5) is 4.39 Å². The minimum atomic E-state index is -0.328. The molecule has 2 rings (SSSR count). The first kappa shape index (κ1) is 13.4. The predicted octanol–water partition coefficient (Wildman–Crippen LogP) is 4.65. The van der Waals surface area contributed by atoms with Crippen molar-refractivity contribution in [3.8, 4) is 5.75 Å². The Morgan fingerprint density at radius 1 is 1.39 bits per heavy atom. The highest BCUT2D eigenvalue weighted by molar-refractivity contribution is 6.22. The Morgan fingerprint density at radius 3 is 2.67 bits per heavy atom. The molecule has 3 heteroatoms. The van der Waals surface area contributed by atoms with Gasteiger partial charge in [-0.15, -0.1) is 11.6 Å². The van der Waals surface area contributed by atoms with Gasteiger partial charge in [0.15, 0.2) is 11.6 Å². The number of halogens is 2. The number of hydrogen-bond donors (Lipinski definition) is 0. The normalized spacial score (nSPS) is 22.5. The predicted molar refractivity (Wildman–Crippen MR) is 73.6 cm³/mol. The number of alkyl halides is 1. The van der Waals surface area contributed by atoms with E-state index >= 15 is 0 Å². The van der Waals surface area contributed by atoms with E-state index in [2.05, 4.69) is 13.8 Å². The summed E-state index contributed by atoms with van der Waals surface area (Å²) in [7, 11) is 1.47. The molecule has 18 heavy (non-hydrogen) atoms. The van der Waals surface area contributed by atoms with Gasteiger partial charge < -0.3 is 4.74 Å². The van der Waals surface area contributed by atoms with Gasteiger partial charge in [-0.25, -0.2) is 4.39 Å². The van der Waals surface area contributed by atoms with Crippen LogP contribution in [0.5, 0.6) is 5.75 Å². The third kappa shape index (κ3) is 2.86. The second kappa shape index (κ2) is 4.93. The number of benzene rings is 1. The highest BCUT2D eigenvalue weighted by atomic mass is 35.5. The molecule has 1 aromatic carbocycles. The maximum atomic E-state index is 13.7. The summed E-state index contributed by atoms with van der Waals surface area (Å²) in [5.74, 6) is -0.0535. The Morgan fingerprint density at radius 2 is 2.11 bits per heavy atom. The number of allylic oxidation sites excluding steroid dienone is 2. The molecule has 1 nitrogen and oxygen atoms in total. The van der Waals surface area contributed by atoms with Crippen molar-refractivity contribution in [1.82, 2.24) is 0 Å². The first-order chi connectivity index (χ1) is 8.41. The Bertz CT molecular complexity index is 479. The van der Waals surface area contributed by atoms with Crippen LogP contribution < -0.4 is 4.74 Å². The molecule has 1 unspecified atom stereocenters. The molecular weight excluding hydrogens is 251 g/mol. The van der Waals surface area contributed by atoms with Crippen molar-refractivity contribution in [3.63, 3.8) is 0 Å². The first-order valence-electron chi connectivity index (χ1n) is 6.10. The minimum absolute atomic E-state index is 0.0221. The summed E-state index contributed by atoms with van der Waals surface area (Å²) in [4.78, 5) is 0. The van der Waals surface area contributed by atoms with E-state index in [4.69, 9.17) is 16.3 Å². The summed E-state index contributed by atoms with van der Waals surface area (Å²) in [6.07, 6.45) is 3.91. The summed E-state index contributed by atoms with van der Waals surface area (Å²) in [5, 5.41) is 0.0221. The number of methoxy groups -OCH3 is 1. The first-order valence-corrected chi connectivity index (χ1v) is 6.53. The smallest absolute Gasteiger partial charge is 0.165 e. The van der Waals surface area contributed by atoms with Crippen LogP contribution in [-0.4, -0.2) is 12.5 Å². The van der Waals surface area contributed by atoms with Crippen molar-refractivity contribution < 1.29 is 9.13 Å². The highest BCUT2D eigenvalue weighted by Gasteiger charge is 2.28. The van der Waals surface area contributed by atoms with Crippen molar-refractivity contribution in [1.29, 1.82) is 0 Å². The molecule has 0 spiro atoms. The third-order valence-corrected chi connectivity index (χ3v) is 3.60. The molecule has 0 saturated carbocycles. The molecule has 0 N–H and O–H groups in total. The lowest BCUT2D eigenvalue weighted by molar-refractivity contribution is 0.340. The van der Waals surface area contributed by atoms with Crippen LogP contribution in [0, 0.1) is 11.2 Å². The monoisotopic (exact) mass is 268 g/mol. The fraction of sp³-hybridized carbons (Fsp3) is 0.467. The number of rotatable bonds is 2. The van der Waals surface area contributed by atoms with E-state index in [0.717, 1.165) is 24.0 Å². The van der Waals surface area contributed by atoms with Crippen molar-refractivity contribution in [2.24, 2.45) is 5.41 Å².